The highest BCUT2D eigenvalue weighted by atomic mass is 32.2. The molecule has 0 saturated heterocycles. The molecular formula is C30H29N5O3S2. The number of methoxy groups -OCH3 is 1. The van der Waals surface area contributed by atoms with Crippen LogP contribution in [0.2, 0.25) is 0 Å². The predicted molar refractivity (Wildman–Crippen MR) is 156 cm³/mol. The second kappa shape index (κ2) is 11.7. The molecule has 2 aromatic carbocycles. The number of carbonyl (C=O) groups is 2. The molecule has 0 spiro atoms. The summed E-state index contributed by atoms with van der Waals surface area (Å²) in [5.41, 5.74) is 11.0. The highest BCUT2D eigenvalue weighted by Gasteiger charge is 2.41. The van der Waals surface area contributed by atoms with Gasteiger partial charge in [0, 0.05) is 23.3 Å². The minimum atomic E-state index is -0.519. The molecule has 1 atom stereocenters. The Hall–Kier alpha value is -3.94. The Morgan fingerprint density at radius 2 is 1.90 bits per heavy atom. The fourth-order valence-corrected chi connectivity index (χ4v) is 6.83. The minimum absolute atomic E-state index is 0.0219. The summed E-state index contributed by atoms with van der Waals surface area (Å²) in [7, 11) is 1.58. The quantitative estimate of drug-likeness (QED) is 0.258. The highest BCUT2D eigenvalue weighted by Crippen LogP contribution is 2.47. The number of rotatable bonds is 8. The van der Waals surface area contributed by atoms with Crippen LogP contribution in [0.25, 0.3) is 0 Å². The van der Waals surface area contributed by atoms with Crippen molar-refractivity contribution in [2.45, 2.75) is 49.3 Å². The standard InChI is InChI=1S/C30H29N5O3S2/c1-17(2)18-7-9-20(10-8-18)26-22(15-31)28(32)35(23-5-4-6-24(36)27(23)26)29-33-34-30(40-29)39-16-25(37)19-11-13-21(38-3)14-12-19/h7-14,17,26H,4-6,16,32H2,1-3H3. The van der Waals surface area contributed by atoms with Gasteiger partial charge in [-0.1, -0.05) is 61.2 Å². The number of ketones is 2. The van der Waals surface area contributed by atoms with Crippen LogP contribution < -0.4 is 15.4 Å². The van der Waals surface area contributed by atoms with Crippen molar-refractivity contribution < 1.29 is 14.3 Å². The lowest BCUT2D eigenvalue weighted by atomic mass is 9.75. The topological polar surface area (TPSA) is 122 Å². The molecule has 1 aromatic heterocycles. The highest BCUT2D eigenvalue weighted by molar-refractivity contribution is 8.01. The van der Waals surface area contributed by atoms with E-state index in [1.807, 2.05) is 24.3 Å². The van der Waals surface area contributed by atoms with Crippen LogP contribution >= 0.6 is 23.1 Å². The van der Waals surface area contributed by atoms with Gasteiger partial charge in [-0.3, -0.25) is 14.5 Å². The SMILES string of the molecule is COc1ccc(C(=O)CSc2nnc(N3C(N)=C(C#N)C(c4ccc(C(C)C)cc4)C4=C3CCCC4=O)s2)cc1. The summed E-state index contributed by atoms with van der Waals surface area (Å²) >= 11 is 2.57. The van der Waals surface area contributed by atoms with Crippen LogP contribution in [0.4, 0.5) is 5.13 Å². The lowest BCUT2D eigenvalue weighted by Gasteiger charge is -2.38. The van der Waals surface area contributed by atoms with Crippen molar-refractivity contribution in [1.82, 2.24) is 10.2 Å². The molecule has 0 fully saturated rings. The zero-order chi connectivity index (χ0) is 28.4. The van der Waals surface area contributed by atoms with Crippen molar-refractivity contribution >= 4 is 39.8 Å². The monoisotopic (exact) mass is 571 g/mol. The number of benzene rings is 2. The van der Waals surface area contributed by atoms with Crippen molar-refractivity contribution in [2.24, 2.45) is 5.73 Å². The third-order valence-corrected chi connectivity index (χ3v) is 9.22. The van der Waals surface area contributed by atoms with Gasteiger partial charge in [-0.15, -0.1) is 10.2 Å². The molecule has 2 N–H and O–H groups in total. The van der Waals surface area contributed by atoms with Crippen molar-refractivity contribution in [3.8, 4) is 11.8 Å². The Labute approximate surface area is 241 Å². The minimum Gasteiger partial charge on any atom is -0.497 e. The fourth-order valence-electron chi connectivity index (χ4n) is 5.05. The van der Waals surface area contributed by atoms with E-state index in [-0.39, 0.29) is 23.1 Å². The van der Waals surface area contributed by atoms with Crippen molar-refractivity contribution in [2.75, 3.05) is 17.8 Å². The largest absolute Gasteiger partial charge is 0.497 e. The number of nitrogens with two attached hydrogens (primary N) is 1. The van der Waals surface area contributed by atoms with E-state index in [1.54, 1.807) is 36.3 Å². The number of Topliss-reactive ketones (excluding diaryl/α,β-unsaturated/α-hetero) is 2. The van der Waals surface area contributed by atoms with Gasteiger partial charge >= 0.3 is 0 Å². The Morgan fingerprint density at radius 1 is 1.18 bits per heavy atom. The van der Waals surface area contributed by atoms with Crippen LogP contribution in [-0.4, -0.2) is 34.6 Å². The number of nitrogens with zero attached hydrogens (tertiary/aromatic N) is 4. The van der Waals surface area contributed by atoms with E-state index in [1.165, 1.54) is 28.7 Å². The Kier molecular flexibility index (Phi) is 8.05. The van der Waals surface area contributed by atoms with Crippen LogP contribution in [0, 0.1) is 11.3 Å². The maximum atomic E-state index is 13.4. The second-order valence-corrected chi connectivity index (χ2v) is 12.1. The van der Waals surface area contributed by atoms with E-state index in [0.29, 0.717) is 57.1 Å². The predicted octanol–water partition coefficient (Wildman–Crippen LogP) is 5.95. The Bertz CT molecular complexity index is 1550. The molecule has 0 amide bonds. The average Bonchev–Trinajstić information content (AvgIpc) is 3.44. The number of ether oxygens (including phenoxy) is 1. The Morgan fingerprint density at radius 3 is 2.55 bits per heavy atom. The summed E-state index contributed by atoms with van der Waals surface area (Å²) in [6.07, 6.45) is 1.76. The van der Waals surface area contributed by atoms with Crippen LogP contribution in [0.1, 0.15) is 66.4 Å². The maximum Gasteiger partial charge on any atom is 0.219 e. The van der Waals surface area contributed by atoms with Crippen molar-refractivity contribution in [3.63, 3.8) is 0 Å². The molecule has 0 saturated carbocycles. The number of hydrogen-bond acceptors (Lipinski definition) is 10. The van der Waals surface area contributed by atoms with Gasteiger partial charge in [0.15, 0.2) is 15.9 Å². The summed E-state index contributed by atoms with van der Waals surface area (Å²) in [4.78, 5) is 27.8. The summed E-state index contributed by atoms with van der Waals surface area (Å²) in [5.74, 6) is 0.971. The number of nitriles is 1. The zero-order valence-electron chi connectivity index (χ0n) is 22.5. The van der Waals surface area contributed by atoms with E-state index in [4.69, 9.17) is 10.5 Å². The summed E-state index contributed by atoms with van der Waals surface area (Å²) in [5, 5.41) is 19.3. The molecule has 204 valence electrons. The normalized spacial score (nSPS) is 17.2. The van der Waals surface area contributed by atoms with Crippen molar-refractivity contribution in [1.29, 1.82) is 5.26 Å². The third-order valence-electron chi connectivity index (χ3n) is 7.18. The molecule has 2 aliphatic rings. The summed E-state index contributed by atoms with van der Waals surface area (Å²) in [6.45, 7) is 4.25. The van der Waals surface area contributed by atoms with Crippen LogP contribution in [0.3, 0.4) is 0 Å². The average molecular weight is 572 g/mol. The van der Waals surface area contributed by atoms with Crippen LogP contribution in [-0.2, 0) is 4.79 Å². The molecule has 10 heteroatoms. The molecule has 2 heterocycles. The van der Waals surface area contributed by atoms with Gasteiger partial charge in [0.05, 0.1) is 30.4 Å². The first-order valence-corrected chi connectivity index (χ1v) is 14.8. The van der Waals surface area contributed by atoms with E-state index in [9.17, 15) is 14.9 Å². The number of aromatic nitrogens is 2. The van der Waals surface area contributed by atoms with E-state index >= 15 is 0 Å². The van der Waals surface area contributed by atoms with Crippen molar-refractivity contribution in [3.05, 3.63) is 87.9 Å². The van der Waals surface area contributed by atoms with E-state index in [0.717, 1.165) is 11.3 Å². The molecule has 3 aromatic rings. The third kappa shape index (κ3) is 5.27. The molecule has 5 rings (SSSR count). The van der Waals surface area contributed by atoms with Gasteiger partial charge in [-0.2, -0.15) is 5.26 Å². The van der Waals surface area contributed by atoms with Gasteiger partial charge in [0.2, 0.25) is 5.13 Å². The van der Waals surface area contributed by atoms with Crippen LogP contribution in [0.15, 0.2) is 75.5 Å². The maximum absolute atomic E-state index is 13.4. The van der Waals surface area contributed by atoms with Gasteiger partial charge in [-0.05, 0) is 54.2 Å². The summed E-state index contributed by atoms with van der Waals surface area (Å²) < 4.78 is 5.75. The number of anilines is 1. The molecule has 1 aliphatic heterocycles. The van der Waals surface area contributed by atoms with Crippen LogP contribution in [0.5, 0.6) is 5.75 Å². The first-order chi connectivity index (χ1) is 19.3. The van der Waals surface area contributed by atoms with Gasteiger partial charge in [-0.25, -0.2) is 0 Å². The lowest BCUT2D eigenvalue weighted by molar-refractivity contribution is -0.116. The fraction of sp³-hybridized carbons (Fsp3) is 0.300. The first kappa shape index (κ1) is 27.6. The molecule has 0 bridgehead atoms. The molecule has 0 radical (unpaired) electrons. The molecule has 1 aliphatic carbocycles. The summed E-state index contributed by atoms with van der Waals surface area (Å²) in [6, 6.07) is 17.3. The molecular weight excluding hydrogens is 542 g/mol. The number of thioether (sulfide) groups is 1. The number of hydrogen-bond donors (Lipinski definition) is 1. The lowest BCUT2D eigenvalue weighted by Crippen LogP contribution is -2.38. The zero-order valence-corrected chi connectivity index (χ0v) is 24.1. The second-order valence-electron chi connectivity index (χ2n) is 9.93. The first-order valence-electron chi connectivity index (χ1n) is 13.0. The molecule has 1 unspecified atom stereocenters. The number of allylic oxidation sites excluding steroid dienone is 3. The van der Waals surface area contributed by atoms with E-state index < -0.39 is 5.92 Å². The smallest absolute Gasteiger partial charge is 0.219 e. The Balaban J connectivity index is 1.44. The van der Waals surface area contributed by atoms with Gasteiger partial charge in [0.1, 0.15) is 11.6 Å². The van der Waals surface area contributed by atoms with E-state index in [2.05, 4.69) is 30.1 Å². The molecule has 8 nitrogen and oxygen atoms in total. The van der Waals surface area contributed by atoms with Gasteiger partial charge < -0.3 is 10.5 Å². The van der Waals surface area contributed by atoms with Gasteiger partial charge in [0.25, 0.3) is 0 Å². The number of carbonyl (C=O) groups excluding carboxylic acids is 2. The molecule has 40 heavy (non-hydrogen) atoms.